The van der Waals surface area contributed by atoms with Crippen LogP contribution in [0.4, 0.5) is 0 Å². The molecule has 0 spiro atoms. The number of hydrogen-bond donors (Lipinski definition) is 1. The van der Waals surface area contributed by atoms with Gasteiger partial charge >= 0.3 is 0 Å². The highest BCUT2D eigenvalue weighted by molar-refractivity contribution is 5.24. The van der Waals surface area contributed by atoms with E-state index in [9.17, 15) is 0 Å². The summed E-state index contributed by atoms with van der Waals surface area (Å²) in [6.45, 7) is 9.62. The number of rotatable bonds is 6. The van der Waals surface area contributed by atoms with Crippen LogP contribution < -0.4 is 5.73 Å². The van der Waals surface area contributed by atoms with Gasteiger partial charge in [0.25, 0.3) is 0 Å². The van der Waals surface area contributed by atoms with Crippen LogP contribution >= 0.6 is 0 Å². The van der Waals surface area contributed by atoms with Crippen LogP contribution in [0.25, 0.3) is 0 Å². The average molecular weight is 248 g/mol. The van der Waals surface area contributed by atoms with Gasteiger partial charge in [-0.25, -0.2) is 0 Å². The molecule has 0 saturated heterocycles. The number of aryl methyl sites for hydroxylation is 1. The zero-order valence-corrected chi connectivity index (χ0v) is 12.5. The predicted octanol–water partition coefficient (Wildman–Crippen LogP) is 3.36. The van der Waals surface area contributed by atoms with Gasteiger partial charge in [0.1, 0.15) is 0 Å². The Morgan fingerprint density at radius 3 is 2.11 bits per heavy atom. The summed E-state index contributed by atoms with van der Waals surface area (Å²) in [5.41, 5.74) is 8.59. The number of nitrogens with two attached hydrogens (primary N) is 1. The minimum absolute atomic E-state index is 0.319. The molecule has 2 atom stereocenters. The van der Waals surface area contributed by atoms with Gasteiger partial charge in [0, 0.05) is 18.6 Å². The summed E-state index contributed by atoms with van der Waals surface area (Å²) in [4.78, 5) is 2.41. The summed E-state index contributed by atoms with van der Waals surface area (Å²) in [6.07, 6.45) is 1.21. The van der Waals surface area contributed by atoms with Crippen molar-refractivity contribution in [3.8, 4) is 0 Å². The Labute approximate surface area is 112 Å². The fraction of sp³-hybridized carbons (Fsp3) is 0.625. The maximum atomic E-state index is 5.97. The molecular weight excluding hydrogens is 220 g/mol. The van der Waals surface area contributed by atoms with Crippen LogP contribution in [0, 0.1) is 12.8 Å². The maximum absolute atomic E-state index is 5.97. The van der Waals surface area contributed by atoms with Crippen molar-refractivity contribution < 1.29 is 0 Å². The van der Waals surface area contributed by atoms with Gasteiger partial charge in [-0.1, -0.05) is 43.7 Å². The van der Waals surface area contributed by atoms with E-state index in [1.807, 2.05) is 0 Å². The van der Waals surface area contributed by atoms with Crippen molar-refractivity contribution in [2.24, 2.45) is 11.7 Å². The van der Waals surface area contributed by atoms with E-state index in [4.69, 9.17) is 5.73 Å². The average Bonchev–Trinajstić information content (AvgIpc) is 2.31. The lowest BCUT2D eigenvalue weighted by Crippen LogP contribution is -2.37. The number of hydrogen-bond acceptors (Lipinski definition) is 2. The molecular formula is C16H28N2. The van der Waals surface area contributed by atoms with Gasteiger partial charge in [-0.3, -0.25) is 4.90 Å². The minimum Gasteiger partial charge on any atom is -0.329 e. The first kappa shape index (κ1) is 15.2. The Bertz CT molecular complexity index is 343. The first-order chi connectivity index (χ1) is 8.45. The Morgan fingerprint density at radius 2 is 1.67 bits per heavy atom. The first-order valence-electron chi connectivity index (χ1n) is 6.94. The van der Waals surface area contributed by atoms with Gasteiger partial charge in [-0.15, -0.1) is 0 Å². The predicted molar refractivity (Wildman–Crippen MR) is 79.7 cm³/mol. The summed E-state index contributed by atoms with van der Waals surface area (Å²) in [6, 6.07) is 9.61. The van der Waals surface area contributed by atoms with E-state index >= 15 is 0 Å². The molecule has 102 valence electrons. The largest absolute Gasteiger partial charge is 0.329 e. The fourth-order valence-electron chi connectivity index (χ4n) is 2.48. The molecule has 0 aromatic heterocycles. The lowest BCUT2D eigenvalue weighted by atomic mass is 9.99. The molecule has 0 radical (unpaired) electrons. The van der Waals surface area contributed by atoms with Gasteiger partial charge in [0.15, 0.2) is 0 Å². The van der Waals surface area contributed by atoms with Crippen LogP contribution in [0.15, 0.2) is 24.3 Å². The van der Waals surface area contributed by atoms with Gasteiger partial charge in [0.05, 0.1) is 0 Å². The van der Waals surface area contributed by atoms with Gasteiger partial charge in [-0.05, 0) is 38.8 Å². The molecule has 1 aromatic carbocycles. The Balaban J connectivity index is 2.79. The second-order valence-electron chi connectivity index (χ2n) is 5.81. The van der Waals surface area contributed by atoms with Crippen molar-refractivity contribution >= 4 is 0 Å². The highest BCUT2D eigenvalue weighted by Gasteiger charge is 2.20. The van der Waals surface area contributed by atoms with Crippen molar-refractivity contribution in [1.29, 1.82) is 0 Å². The molecule has 2 heteroatoms. The van der Waals surface area contributed by atoms with E-state index in [2.05, 4.69) is 63.9 Å². The third-order valence-corrected chi connectivity index (χ3v) is 3.68. The molecule has 2 N–H and O–H groups in total. The molecule has 0 amide bonds. The molecule has 0 aliphatic carbocycles. The van der Waals surface area contributed by atoms with Crippen LogP contribution in [0.3, 0.4) is 0 Å². The standard InChI is InChI=1S/C16H28N2/c1-12(2)10-14(4)18(5)16(11-17)15-8-6-13(3)7-9-15/h6-9,12,14,16H,10-11,17H2,1-5H3. The molecule has 18 heavy (non-hydrogen) atoms. The fourth-order valence-corrected chi connectivity index (χ4v) is 2.48. The van der Waals surface area contributed by atoms with Crippen LogP contribution in [-0.2, 0) is 0 Å². The first-order valence-corrected chi connectivity index (χ1v) is 6.94. The highest BCUT2D eigenvalue weighted by atomic mass is 15.2. The Hall–Kier alpha value is -0.860. The van der Waals surface area contributed by atoms with E-state index in [0.717, 1.165) is 5.92 Å². The molecule has 2 unspecified atom stereocenters. The summed E-state index contributed by atoms with van der Waals surface area (Å²) >= 11 is 0. The summed E-state index contributed by atoms with van der Waals surface area (Å²) < 4.78 is 0. The normalized spacial score (nSPS) is 15.1. The highest BCUT2D eigenvalue weighted by Crippen LogP contribution is 2.23. The number of likely N-dealkylation sites (N-methyl/N-ethyl adjacent to an activating group) is 1. The lowest BCUT2D eigenvalue weighted by Gasteiger charge is -2.33. The molecule has 0 aliphatic rings. The Morgan fingerprint density at radius 1 is 1.11 bits per heavy atom. The van der Waals surface area contributed by atoms with Crippen molar-refractivity contribution in [2.75, 3.05) is 13.6 Å². The van der Waals surface area contributed by atoms with Gasteiger partial charge in [-0.2, -0.15) is 0 Å². The van der Waals surface area contributed by atoms with Crippen LogP contribution in [0.5, 0.6) is 0 Å². The maximum Gasteiger partial charge on any atom is 0.0470 e. The van der Waals surface area contributed by atoms with Crippen molar-refractivity contribution in [1.82, 2.24) is 4.90 Å². The topological polar surface area (TPSA) is 29.3 Å². The lowest BCUT2D eigenvalue weighted by molar-refractivity contribution is 0.169. The molecule has 2 nitrogen and oxygen atoms in total. The van der Waals surface area contributed by atoms with Crippen LogP contribution in [-0.4, -0.2) is 24.5 Å². The quantitative estimate of drug-likeness (QED) is 0.836. The summed E-state index contributed by atoms with van der Waals surface area (Å²) in [7, 11) is 2.18. The van der Waals surface area contributed by atoms with Crippen molar-refractivity contribution in [3.63, 3.8) is 0 Å². The molecule has 0 aliphatic heterocycles. The second kappa shape index (κ2) is 6.91. The van der Waals surface area contributed by atoms with Crippen LogP contribution in [0.2, 0.25) is 0 Å². The third kappa shape index (κ3) is 4.11. The number of benzene rings is 1. The van der Waals surface area contributed by atoms with Crippen molar-refractivity contribution in [2.45, 2.75) is 46.2 Å². The van der Waals surface area contributed by atoms with E-state index in [-0.39, 0.29) is 0 Å². The monoisotopic (exact) mass is 248 g/mol. The molecule has 0 heterocycles. The zero-order chi connectivity index (χ0) is 13.7. The second-order valence-corrected chi connectivity index (χ2v) is 5.81. The summed E-state index contributed by atoms with van der Waals surface area (Å²) in [5.74, 6) is 0.721. The Kier molecular flexibility index (Phi) is 5.83. The summed E-state index contributed by atoms with van der Waals surface area (Å²) in [5, 5.41) is 0. The van der Waals surface area contributed by atoms with Gasteiger partial charge < -0.3 is 5.73 Å². The van der Waals surface area contributed by atoms with E-state index in [1.165, 1.54) is 17.5 Å². The van der Waals surface area contributed by atoms with Crippen molar-refractivity contribution in [3.05, 3.63) is 35.4 Å². The van der Waals surface area contributed by atoms with Gasteiger partial charge in [0.2, 0.25) is 0 Å². The number of nitrogens with zero attached hydrogens (tertiary/aromatic N) is 1. The smallest absolute Gasteiger partial charge is 0.0470 e. The van der Waals surface area contributed by atoms with E-state index < -0.39 is 0 Å². The van der Waals surface area contributed by atoms with E-state index in [1.54, 1.807) is 0 Å². The molecule has 1 rings (SSSR count). The zero-order valence-electron chi connectivity index (χ0n) is 12.5. The molecule has 1 aromatic rings. The SMILES string of the molecule is Cc1ccc(C(CN)N(C)C(C)CC(C)C)cc1. The van der Waals surface area contributed by atoms with E-state index in [0.29, 0.717) is 18.6 Å². The molecule has 0 saturated carbocycles. The third-order valence-electron chi connectivity index (χ3n) is 3.68. The van der Waals surface area contributed by atoms with Crippen LogP contribution in [0.1, 0.15) is 44.4 Å². The minimum atomic E-state index is 0.319. The molecule has 0 fully saturated rings. The molecule has 0 bridgehead atoms.